The largest absolute Gasteiger partial charge is 0.481 e. The van der Waals surface area contributed by atoms with Gasteiger partial charge in [0.15, 0.2) is 0 Å². The number of carbonyl (C=O) groups is 2. The quantitative estimate of drug-likeness (QED) is 0.787. The number of ether oxygens (including phenoxy) is 1. The first-order valence-electron chi connectivity index (χ1n) is 8.66. The summed E-state index contributed by atoms with van der Waals surface area (Å²) in [5.74, 6) is -0.607. The maximum absolute atomic E-state index is 12.6. The second-order valence-electron chi connectivity index (χ2n) is 6.73. The van der Waals surface area contributed by atoms with E-state index in [1.54, 1.807) is 4.90 Å². The van der Waals surface area contributed by atoms with Gasteiger partial charge in [-0.3, -0.25) is 9.59 Å². The molecule has 1 atom stereocenters. The SMILES string of the molecule is COCC1(C(=O)O)CCCN(C(=O)CSc2ccc3ccccc3c2)C1. The second-order valence-corrected chi connectivity index (χ2v) is 7.78. The molecule has 0 radical (unpaired) electrons. The Morgan fingerprint density at radius 3 is 2.73 bits per heavy atom. The smallest absolute Gasteiger partial charge is 0.313 e. The van der Waals surface area contributed by atoms with E-state index in [1.807, 2.05) is 18.2 Å². The van der Waals surface area contributed by atoms with E-state index in [-0.39, 0.29) is 19.1 Å². The molecular weight excluding hydrogens is 350 g/mol. The molecule has 5 nitrogen and oxygen atoms in total. The van der Waals surface area contributed by atoms with Crippen LogP contribution in [0.4, 0.5) is 0 Å². The van der Waals surface area contributed by atoms with Gasteiger partial charge in [-0.25, -0.2) is 0 Å². The molecule has 1 N–H and O–H groups in total. The summed E-state index contributed by atoms with van der Waals surface area (Å²) in [7, 11) is 1.50. The lowest BCUT2D eigenvalue weighted by molar-refractivity contribution is -0.158. The first kappa shape index (κ1) is 18.7. The van der Waals surface area contributed by atoms with Crippen LogP contribution < -0.4 is 0 Å². The molecule has 1 fully saturated rings. The van der Waals surface area contributed by atoms with Crippen LogP contribution in [0, 0.1) is 5.41 Å². The van der Waals surface area contributed by atoms with E-state index < -0.39 is 11.4 Å². The molecule has 1 heterocycles. The molecule has 0 spiro atoms. The fraction of sp³-hybridized carbons (Fsp3) is 0.400. The Hall–Kier alpha value is -2.05. The summed E-state index contributed by atoms with van der Waals surface area (Å²) in [5, 5.41) is 11.9. The molecule has 3 rings (SSSR count). The van der Waals surface area contributed by atoms with Crippen LogP contribution >= 0.6 is 11.8 Å². The van der Waals surface area contributed by atoms with E-state index in [0.29, 0.717) is 25.1 Å². The Morgan fingerprint density at radius 2 is 2.00 bits per heavy atom. The molecule has 26 heavy (non-hydrogen) atoms. The number of likely N-dealkylation sites (tertiary alicyclic amines) is 1. The molecule has 2 aromatic rings. The number of carboxylic acids is 1. The van der Waals surface area contributed by atoms with Crippen molar-refractivity contribution in [3.05, 3.63) is 42.5 Å². The number of carboxylic acid groups (broad SMARTS) is 1. The van der Waals surface area contributed by atoms with Crippen LogP contribution in [0.2, 0.25) is 0 Å². The van der Waals surface area contributed by atoms with Gasteiger partial charge in [0.2, 0.25) is 5.91 Å². The lowest BCUT2D eigenvalue weighted by Gasteiger charge is -2.39. The number of thioether (sulfide) groups is 1. The number of hydrogen-bond acceptors (Lipinski definition) is 4. The molecule has 138 valence electrons. The Morgan fingerprint density at radius 1 is 1.23 bits per heavy atom. The molecule has 6 heteroatoms. The number of nitrogens with zero attached hydrogens (tertiary/aromatic N) is 1. The zero-order valence-electron chi connectivity index (χ0n) is 14.8. The van der Waals surface area contributed by atoms with Crippen LogP contribution in [-0.2, 0) is 14.3 Å². The molecule has 1 aliphatic rings. The van der Waals surface area contributed by atoms with Gasteiger partial charge in [-0.1, -0.05) is 30.3 Å². The summed E-state index contributed by atoms with van der Waals surface area (Å²) in [5.41, 5.74) is -0.990. The first-order chi connectivity index (χ1) is 12.5. The zero-order valence-corrected chi connectivity index (χ0v) is 15.6. The van der Waals surface area contributed by atoms with E-state index in [0.717, 1.165) is 10.3 Å². The van der Waals surface area contributed by atoms with Gasteiger partial charge in [-0.05, 0) is 35.7 Å². The number of hydrogen-bond donors (Lipinski definition) is 1. The number of amides is 1. The Kier molecular flexibility index (Phi) is 5.84. The maximum Gasteiger partial charge on any atom is 0.313 e. The summed E-state index contributed by atoms with van der Waals surface area (Å²) in [6.45, 7) is 0.951. The average Bonchev–Trinajstić information content (AvgIpc) is 2.66. The summed E-state index contributed by atoms with van der Waals surface area (Å²) in [6, 6.07) is 14.3. The average molecular weight is 373 g/mol. The topological polar surface area (TPSA) is 66.8 Å². The van der Waals surface area contributed by atoms with E-state index >= 15 is 0 Å². The molecule has 0 aromatic heterocycles. The molecule has 1 saturated heterocycles. The molecule has 2 aromatic carbocycles. The minimum atomic E-state index is -0.990. The highest BCUT2D eigenvalue weighted by Crippen LogP contribution is 2.32. The Bertz CT molecular complexity index is 805. The van der Waals surface area contributed by atoms with Crippen molar-refractivity contribution in [1.82, 2.24) is 4.90 Å². The summed E-state index contributed by atoms with van der Waals surface area (Å²) >= 11 is 1.49. The van der Waals surface area contributed by atoms with Gasteiger partial charge >= 0.3 is 5.97 Å². The van der Waals surface area contributed by atoms with E-state index in [9.17, 15) is 14.7 Å². The summed E-state index contributed by atoms with van der Waals surface area (Å²) < 4.78 is 5.12. The van der Waals surface area contributed by atoms with E-state index in [2.05, 4.69) is 24.3 Å². The van der Waals surface area contributed by atoms with Crippen LogP contribution in [0.5, 0.6) is 0 Å². The van der Waals surface area contributed by atoms with Crippen molar-refractivity contribution in [3.63, 3.8) is 0 Å². The fourth-order valence-corrected chi connectivity index (χ4v) is 4.32. The third-order valence-corrected chi connectivity index (χ3v) is 5.87. The molecule has 1 amide bonds. The highest BCUT2D eigenvalue weighted by molar-refractivity contribution is 8.00. The molecule has 0 saturated carbocycles. The van der Waals surface area contributed by atoms with Crippen molar-refractivity contribution in [2.75, 3.05) is 32.6 Å². The Balaban J connectivity index is 1.64. The van der Waals surface area contributed by atoms with Crippen LogP contribution in [0.1, 0.15) is 12.8 Å². The van der Waals surface area contributed by atoms with Crippen LogP contribution in [0.3, 0.4) is 0 Å². The number of benzene rings is 2. The van der Waals surface area contributed by atoms with Crippen molar-refractivity contribution < 1.29 is 19.4 Å². The highest BCUT2D eigenvalue weighted by Gasteiger charge is 2.43. The third kappa shape index (κ3) is 4.02. The second kappa shape index (κ2) is 8.10. The van der Waals surface area contributed by atoms with E-state index in [1.165, 1.54) is 24.3 Å². The van der Waals surface area contributed by atoms with Crippen molar-refractivity contribution >= 4 is 34.4 Å². The van der Waals surface area contributed by atoms with Crippen LogP contribution in [0.15, 0.2) is 47.4 Å². The minimum absolute atomic E-state index is 0.0235. The molecule has 0 aliphatic carbocycles. The van der Waals surface area contributed by atoms with Gasteiger partial charge in [0.05, 0.1) is 12.4 Å². The van der Waals surface area contributed by atoms with Crippen molar-refractivity contribution in [2.45, 2.75) is 17.7 Å². The van der Waals surface area contributed by atoms with Gasteiger partial charge in [-0.15, -0.1) is 11.8 Å². The van der Waals surface area contributed by atoms with E-state index in [4.69, 9.17) is 4.74 Å². The normalized spacial score (nSPS) is 20.3. The number of piperidine rings is 1. The highest BCUT2D eigenvalue weighted by atomic mass is 32.2. The van der Waals surface area contributed by atoms with Gasteiger partial charge in [0.25, 0.3) is 0 Å². The third-order valence-electron chi connectivity index (χ3n) is 4.89. The van der Waals surface area contributed by atoms with Crippen molar-refractivity contribution in [2.24, 2.45) is 5.41 Å². The number of carbonyl (C=O) groups excluding carboxylic acids is 1. The predicted octanol–water partition coefficient (Wildman–Crippen LogP) is 3.27. The molecule has 0 bridgehead atoms. The molecular formula is C20H23NO4S. The minimum Gasteiger partial charge on any atom is -0.481 e. The van der Waals surface area contributed by atoms with Crippen LogP contribution in [-0.4, -0.2) is 54.4 Å². The van der Waals surface area contributed by atoms with Gasteiger partial charge < -0.3 is 14.7 Å². The lowest BCUT2D eigenvalue weighted by Crippen LogP contribution is -2.52. The maximum atomic E-state index is 12.6. The fourth-order valence-electron chi connectivity index (χ4n) is 3.47. The Labute approximate surface area is 157 Å². The molecule has 1 unspecified atom stereocenters. The number of methoxy groups -OCH3 is 1. The van der Waals surface area contributed by atoms with Crippen molar-refractivity contribution in [1.29, 1.82) is 0 Å². The lowest BCUT2D eigenvalue weighted by atomic mass is 9.80. The zero-order chi connectivity index (χ0) is 18.6. The number of fused-ring (bicyclic) bond motifs is 1. The van der Waals surface area contributed by atoms with Gasteiger partial charge in [0, 0.05) is 25.1 Å². The number of rotatable bonds is 6. The van der Waals surface area contributed by atoms with Crippen molar-refractivity contribution in [3.8, 4) is 0 Å². The monoisotopic (exact) mass is 373 g/mol. The predicted molar refractivity (Wildman–Crippen MR) is 102 cm³/mol. The molecule has 1 aliphatic heterocycles. The van der Waals surface area contributed by atoms with Gasteiger partial charge in [-0.2, -0.15) is 0 Å². The number of aliphatic carboxylic acids is 1. The van der Waals surface area contributed by atoms with Gasteiger partial charge in [0.1, 0.15) is 5.41 Å². The van der Waals surface area contributed by atoms with Crippen LogP contribution in [0.25, 0.3) is 10.8 Å². The standard InChI is InChI=1S/C20H23NO4S/c1-25-14-20(19(23)24)9-4-10-21(13-20)18(22)12-26-17-8-7-15-5-2-3-6-16(15)11-17/h2-3,5-8,11H,4,9-10,12-14H2,1H3,(H,23,24). The summed E-state index contributed by atoms with van der Waals surface area (Å²) in [4.78, 5) is 27.0. The summed E-state index contributed by atoms with van der Waals surface area (Å²) in [6.07, 6.45) is 1.22. The first-order valence-corrected chi connectivity index (χ1v) is 9.64.